The fraction of sp³-hybridized carbons (Fsp3) is 0.333. The van der Waals surface area contributed by atoms with Crippen LogP contribution in [0.2, 0.25) is 5.02 Å². The van der Waals surface area contributed by atoms with E-state index in [4.69, 9.17) is 11.6 Å². The first kappa shape index (κ1) is 23.2. The molecule has 1 fully saturated rings. The number of benzene rings is 2. The van der Waals surface area contributed by atoms with Crippen LogP contribution in [0, 0.1) is 6.92 Å². The molecule has 1 aliphatic rings. The fourth-order valence-corrected chi connectivity index (χ4v) is 4.73. The molecule has 2 aromatic carbocycles. The molecule has 0 aromatic heterocycles. The molecular weight excluding hydrogens is 440 g/mol. The van der Waals surface area contributed by atoms with Crippen LogP contribution in [-0.4, -0.2) is 68.7 Å². The van der Waals surface area contributed by atoms with Crippen molar-refractivity contribution in [2.24, 2.45) is 0 Å². The monoisotopic (exact) mass is 464 g/mol. The highest BCUT2D eigenvalue weighted by Crippen LogP contribution is 2.18. The van der Waals surface area contributed by atoms with Crippen molar-refractivity contribution in [3.05, 3.63) is 59.1 Å². The van der Waals surface area contributed by atoms with Crippen molar-refractivity contribution in [2.75, 3.05) is 44.6 Å². The molecule has 1 saturated heterocycles. The van der Waals surface area contributed by atoms with E-state index in [0.717, 1.165) is 5.56 Å². The van der Waals surface area contributed by atoms with E-state index >= 15 is 0 Å². The van der Waals surface area contributed by atoms with Crippen molar-refractivity contribution in [3.8, 4) is 0 Å². The number of hydrogen-bond donors (Lipinski definition) is 2. The van der Waals surface area contributed by atoms with Crippen molar-refractivity contribution in [1.29, 1.82) is 0 Å². The van der Waals surface area contributed by atoms with E-state index in [9.17, 15) is 18.0 Å². The number of aryl methyl sites for hydroxylation is 1. The SMILES string of the molecule is Cc1ccc(S(=O)(=O)N2CCN(CCNC(=O)C(=O)Nc3ccc(Cl)cc3)CC2)cc1. The molecule has 2 N–H and O–H groups in total. The zero-order valence-electron chi connectivity index (χ0n) is 17.2. The van der Waals surface area contributed by atoms with Gasteiger partial charge >= 0.3 is 11.8 Å². The standard InChI is InChI=1S/C21H25ClN4O4S/c1-16-2-8-19(9-3-16)31(29,30)26-14-12-25(13-15-26)11-10-23-20(27)21(28)24-18-6-4-17(22)5-7-18/h2-9H,10-15H2,1H3,(H,23,27)(H,24,28). The Bertz CT molecular complexity index is 1020. The van der Waals surface area contributed by atoms with E-state index < -0.39 is 21.8 Å². The van der Waals surface area contributed by atoms with Crippen LogP contribution in [0.1, 0.15) is 5.56 Å². The van der Waals surface area contributed by atoms with Gasteiger partial charge in [-0.15, -0.1) is 0 Å². The molecule has 8 nitrogen and oxygen atoms in total. The summed E-state index contributed by atoms with van der Waals surface area (Å²) in [6, 6.07) is 13.3. The van der Waals surface area contributed by atoms with E-state index in [1.165, 1.54) is 4.31 Å². The summed E-state index contributed by atoms with van der Waals surface area (Å²) in [5, 5.41) is 5.62. The number of halogens is 1. The van der Waals surface area contributed by atoms with E-state index in [1.807, 2.05) is 6.92 Å². The Balaban J connectivity index is 1.41. The molecule has 2 aromatic rings. The number of piperazine rings is 1. The second kappa shape index (κ2) is 10.2. The first-order valence-corrected chi connectivity index (χ1v) is 11.7. The van der Waals surface area contributed by atoms with Crippen molar-refractivity contribution < 1.29 is 18.0 Å². The van der Waals surface area contributed by atoms with Crippen LogP contribution in [0.4, 0.5) is 5.69 Å². The van der Waals surface area contributed by atoms with Crippen LogP contribution < -0.4 is 10.6 Å². The third kappa shape index (κ3) is 6.27. The number of rotatable bonds is 6. The molecule has 0 bridgehead atoms. The van der Waals surface area contributed by atoms with Crippen LogP contribution in [-0.2, 0) is 19.6 Å². The summed E-state index contributed by atoms with van der Waals surface area (Å²) >= 11 is 5.79. The Morgan fingerprint density at radius 2 is 1.55 bits per heavy atom. The number of carbonyl (C=O) groups is 2. The van der Waals surface area contributed by atoms with Crippen molar-refractivity contribution in [3.63, 3.8) is 0 Å². The quantitative estimate of drug-likeness (QED) is 0.634. The number of nitrogens with zero attached hydrogens (tertiary/aromatic N) is 2. The van der Waals surface area contributed by atoms with E-state index in [2.05, 4.69) is 15.5 Å². The Kier molecular flexibility index (Phi) is 7.66. The molecule has 0 aliphatic carbocycles. The normalized spacial score (nSPS) is 15.4. The molecule has 2 amide bonds. The summed E-state index contributed by atoms with van der Waals surface area (Å²) in [6.45, 7) is 4.59. The average molecular weight is 465 g/mol. The molecule has 10 heteroatoms. The zero-order valence-corrected chi connectivity index (χ0v) is 18.7. The Labute approximate surface area is 187 Å². The predicted molar refractivity (Wildman–Crippen MR) is 119 cm³/mol. The molecule has 1 aliphatic heterocycles. The lowest BCUT2D eigenvalue weighted by molar-refractivity contribution is -0.136. The summed E-state index contributed by atoms with van der Waals surface area (Å²) < 4.78 is 27.0. The first-order chi connectivity index (χ1) is 14.8. The van der Waals surface area contributed by atoms with Gasteiger partial charge in [-0.1, -0.05) is 29.3 Å². The molecule has 31 heavy (non-hydrogen) atoms. The highest BCUT2D eigenvalue weighted by Gasteiger charge is 2.28. The largest absolute Gasteiger partial charge is 0.347 e. The van der Waals surface area contributed by atoms with Gasteiger partial charge in [0.2, 0.25) is 10.0 Å². The van der Waals surface area contributed by atoms with Gasteiger partial charge in [-0.3, -0.25) is 14.5 Å². The summed E-state index contributed by atoms with van der Waals surface area (Å²) in [7, 11) is -3.50. The van der Waals surface area contributed by atoms with Crippen molar-refractivity contribution in [1.82, 2.24) is 14.5 Å². The summed E-state index contributed by atoms with van der Waals surface area (Å²) in [6.07, 6.45) is 0. The fourth-order valence-electron chi connectivity index (χ4n) is 3.18. The topological polar surface area (TPSA) is 98.8 Å². The lowest BCUT2D eigenvalue weighted by atomic mass is 10.2. The molecule has 3 rings (SSSR count). The Hall–Kier alpha value is -2.46. The van der Waals surface area contributed by atoms with Gasteiger partial charge in [0.05, 0.1) is 4.90 Å². The van der Waals surface area contributed by atoms with Gasteiger partial charge in [-0.05, 0) is 43.3 Å². The summed E-state index contributed by atoms with van der Waals surface area (Å²) in [5.41, 5.74) is 1.49. The van der Waals surface area contributed by atoms with Crippen LogP contribution in [0.3, 0.4) is 0 Å². The van der Waals surface area contributed by atoms with Gasteiger partial charge in [0.1, 0.15) is 0 Å². The van der Waals surface area contributed by atoms with E-state index in [1.54, 1.807) is 48.5 Å². The van der Waals surface area contributed by atoms with Crippen LogP contribution in [0.15, 0.2) is 53.4 Å². The maximum absolute atomic E-state index is 12.8. The van der Waals surface area contributed by atoms with Gasteiger partial charge in [0.15, 0.2) is 0 Å². The molecular formula is C21H25ClN4O4S. The summed E-state index contributed by atoms with van der Waals surface area (Å²) in [5.74, 6) is -1.48. The third-order valence-corrected chi connectivity index (χ3v) is 7.18. The van der Waals surface area contributed by atoms with Crippen LogP contribution in [0.25, 0.3) is 0 Å². The number of amides is 2. The van der Waals surface area contributed by atoms with Gasteiger partial charge in [-0.2, -0.15) is 4.31 Å². The van der Waals surface area contributed by atoms with Gasteiger partial charge in [-0.25, -0.2) is 8.42 Å². The Morgan fingerprint density at radius 1 is 0.935 bits per heavy atom. The van der Waals surface area contributed by atoms with Gasteiger partial charge in [0.25, 0.3) is 0 Å². The van der Waals surface area contributed by atoms with Gasteiger partial charge in [0, 0.05) is 50.0 Å². The van der Waals surface area contributed by atoms with Crippen LogP contribution >= 0.6 is 11.6 Å². The molecule has 0 radical (unpaired) electrons. The van der Waals surface area contributed by atoms with Gasteiger partial charge < -0.3 is 10.6 Å². The van der Waals surface area contributed by atoms with E-state index in [0.29, 0.717) is 48.3 Å². The predicted octanol–water partition coefficient (Wildman–Crippen LogP) is 1.71. The number of sulfonamides is 1. The molecule has 0 unspecified atom stereocenters. The highest BCUT2D eigenvalue weighted by molar-refractivity contribution is 7.89. The number of anilines is 1. The second-order valence-electron chi connectivity index (χ2n) is 7.28. The van der Waals surface area contributed by atoms with Crippen LogP contribution in [0.5, 0.6) is 0 Å². The van der Waals surface area contributed by atoms with Crippen molar-refractivity contribution >= 4 is 39.1 Å². The second-order valence-corrected chi connectivity index (χ2v) is 9.65. The number of hydrogen-bond acceptors (Lipinski definition) is 5. The third-order valence-electron chi connectivity index (χ3n) is 5.01. The number of carbonyl (C=O) groups excluding carboxylic acids is 2. The molecule has 1 heterocycles. The molecule has 0 saturated carbocycles. The lowest BCUT2D eigenvalue weighted by Crippen LogP contribution is -2.50. The maximum Gasteiger partial charge on any atom is 0.313 e. The first-order valence-electron chi connectivity index (χ1n) is 9.89. The number of nitrogens with one attached hydrogen (secondary N) is 2. The van der Waals surface area contributed by atoms with E-state index in [-0.39, 0.29) is 6.54 Å². The smallest absolute Gasteiger partial charge is 0.313 e. The molecule has 0 atom stereocenters. The average Bonchev–Trinajstić information content (AvgIpc) is 2.76. The Morgan fingerprint density at radius 3 is 2.16 bits per heavy atom. The minimum atomic E-state index is -3.50. The summed E-state index contributed by atoms with van der Waals surface area (Å²) in [4.78, 5) is 26.3. The van der Waals surface area contributed by atoms with Crippen molar-refractivity contribution in [2.45, 2.75) is 11.8 Å². The minimum Gasteiger partial charge on any atom is -0.347 e. The minimum absolute atomic E-state index is 0.289. The lowest BCUT2D eigenvalue weighted by Gasteiger charge is -2.33. The molecule has 166 valence electrons. The maximum atomic E-state index is 12.8. The highest BCUT2D eigenvalue weighted by atomic mass is 35.5. The zero-order chi connectivity index (χ0) is 22.4. The molecule has 0 spiro atoms.